The standard InChI is InChI=1S/C35H37ClFN3O4S/c1-4-26(3)38-35(42)33(22-27-8-6-5-7-9-27)39(23-28-12-16-30(37)17-13-28)34(41)24-40(31-18-14-29(36)15-19-31)45(43,44)32-20-10-25(2)11-21-32/h5-21,26,33H,4,22-24H2,1-3H3,(H,38,42)/t26-,33-/m0/s1. The van der Waals surface area contributed by atoms with Gasteiger partial charge in [-0.3, -0.25) is 13.9 Å². The molecule has 0 saturated carbocycles. The summed E-state index contributed by atoms with van der Waals surface area (Å²) in [6, 6.07) is 26.3. The van der Waals surface area contributed by atoms with Crippen molar-refractivity contribution in [3.05, 3.63) is 131 Å². The largest absolute Gasteiger partial charge is 0.352 e. The number of hydrogen-bond donors (Lipinski definition) is 1. The number of benzene rings is 4. The molecular formula is C35H37ClFN3O4S. The van der Waals surface area contributed by atoms with Crippen molar-refractivity contribution < 1.29 is 22.4 Å². The molecule has 4 aromatic rings. The van der Waals surface area contributed by atoms with Crippen molar-refractivity contribution in [3.63, 3.8) is 0 Å². The number of hydrogen-bond acceptors (Lipinski definition) is 4. The Morgan fingerprint density at radius 1 is 0.867 bits per heavy atom. The lowest BCUT2D eigenvalue weighted by molar-refractivity contribution is -0.140. The van der Waals surface area contributed by atoms with Crippen LogP contribution < -0.4 is 9.62 Å². The van der Waals surface area contributed by atoms with Gasteiger partial charge in [0.05, 0.1) is 10.6 Å². The molecule has 0 spiro atoms. The molecule has 1 N–H and O–H groups in total. The minimum absolute atomic E-state index is 0.0104. The van der Waals surface area contributed by atoms with E-state index in [1.807, 2.05) is 51.1 Å². The lowest BCUT2D eigenvalue weighted by atomic mass is 10.0. The van der Waals surface area contributed by atoms with Gasteiger partial charge in [0.25, 0.3) is 10.0 Å². The van der Waals surface area contributed by atoms with Gasteiger partial charge in [-0.2, -0.15) is 0 Å². The summed E-state index contributed by atoms with van der Waals surface area (Å²) in [6.45, 7) is 5.02. The summed E-state index contributed by atoms with van der Waals surface area (Å²) in [7, 11) is -4.23. The van der Waals surface area contributed by atoms with E-state index in [4.69, 9.17) is 11.6 Å². The van der Waals surface area contributed by atoms with Crippen LogP contribution in [-0.2, 0) is 32.6 Å². The lowest BCUT2D eigenvalue weighted by Gasteiger charge is -2.34. The fourth-order valence-corrected chi connectivity index (χ4v) is 6.30. The SMILES string of the molecule is CC[C@H](C)NC(=O)[C@H](Cc1ccccc1)N(Cc1ccc(F)cc1)C(=O)CN(c1ccc(Cl)cc1)S(=O)(=O)c1ccc(C)cc1. The summed E-state index contributed by atoms with van der Waals surface area (Å²) in [5, 5.41) is 3.40. The number of carbonyl (C=O) groups excluding carboxylic acids is 2. The molecule has 0 aliphatic rings. The van der Waals surface area contributed by atoms with Crippen LogP contribution in [0.1, 0.15) is 37.0 Å². The first-order valence-corrected chi connectivity index (χ1v) is 16.5. The van der Waals surface area contributed by atoms with Crippen LogP contribution in [0.5, 0.6) is 0 Å². The van der Waals surface area contributed by atoms with Crippen molar-refractivity contribution in [1.29, 1.82) is 0 Å². The molecule has 4 rings (SSSR count). The fourth-order valence-electron chi connectivity index (χ4n) is 4.76. The molecule has 7 nitrogen and oxygen atoms in total. The molecule has 236 valence electrons. The number of sulfonamides is 1. The van der Waals surface area contributed by atoms with Gasteiger partial charge in [0.15, 0.2) is 0 Å². The van der Waals surface area contributed by atoms with Gasteiger partial charge >= 0.3 is 0 Å². The average Bonchev–Trinajstić information content (AvgIpc) is 3.03. The molecule has 0 aromatic heterocycles. The quantitative estimate of drug-likeness (QED) is 0.178. The van der Waals surface area contributed by atoms with E-state index in [9.17, 15) is 22.4 Å². The zero-order valence-electron chi connectivity index (χ0n) is 25.5. The Labute approximate surface area is 269 Å². The third-order valence-corrected chi connectivity index (χ3v) is 9.58. The van der Waals surface area contributed by atoms with Crippen molar-refractivity contribution in [2.24, 2.45) is 0 Å². The molecule has 0 radical (unpaired) electrons. The van der Waals surface area contributed by atoms with Crippen LogP contribution in [0.25, 0.3) is 0 Å². The third-order valence-electron chi connectivity index (χ3n) is 7.54. The van der Waals surface area contributed by atoms with Gasteiger partial charge in [-0.1, -0.05) is 78.7 Å². The molecule has 0 aliphatic heterocycles. The van der Waals surface area contributed by atoms with Gasteiger partial charge in [-0.25, -0.2) is 12.8 Å². The Morgan fingerprint density at radius 2 is 1.49 bits per heavy atom. The van der Waals surface area contributed by atoms with Crippen LogP contribution in [0.4, 0.5) is 10.1 Å². The molecule has 0 saturated heterocycles. The molecule has 0 fully saturated rings. The second-order valence-corrected chi connectivity index (χ2v) is 13.3. The van der Waals surface area contributed by atoms with Crippen molar-refractivity contribution in [2.45, 2.75) is 57.1 Å². The van der Waals surface area contributed by atoms with E-state index in [0.29, 0.717) is 17.0 Å². The maximum Gasteiger partial charge on any atom is 0.264 e. The van der Waals surface area contributed by atoms with Crippen molar-refractivity contribution >= 4 is 39.1 Å². The maximum absolute atomic E-state index is 14.4. The first-order valence-electron chi connectivity index (χ1n) is 14.7. The van der Waals surface area contributed by atoms with E-state index >= 15 is 0 Å². The highest BCUT2D eigenvalue weighted by atomic mass is 35.5. The van der Waals surface area contributed by atoms with Gasteiger partial charge in [-0.15, -0.1) is 0 Å². The number of amides is 2. The minimum Gasteiger partial charge on any atom is -0.352 e. The Bertz CT molecular complexity index is 1680. The van der Waals surface area contributed by atoms with Crippen LogP contribution in [0.3, 0.4) is 0 Å². The Hall–Kier alpha value is -4.21. The molecule has 0 bridgehead atoms. The van der Waals surface area contributed by atoms with Crippen LogP contribution >= 0.6 is 11.6 Å². The van der Waals surface area contributed by atoms with Crippen LogP contribution in [0.15, 0.2) is 108 Å². The summed E-state index contributed by atoms with van der Waals surface area (Å²) in [4.78, 5) is 29.7. The zero-order chi connectivity index (χ0) is 32.6. The molecule has 0 unspecified atom stereocenters. The minimum atomic E-state index is -4.23. The third kappa shape index (κ3) is 8.93. The number of rotatable bonds is 13. The van der Waals surface area contributed by atoms with Crippen molar-refractivity contribution in [2.75, 3.05) is 10.8 Å². The number of anilines is 1. The summed E-state index contributed by atoms with van der Waals surface area (Å²) in [5.74, 6) is -1.42. The van der Waals surface area contributed by atoms with E-state index in [0.717, 1.165) is 15.4 Å². The van der Waals surface area contributed by atoms with E-state index in [1.165, 1.54) is 41.3 Å². The van der Waals surface area contributed by atoms with E-state index < -0.39 is 34.3 Å². The number of aryl methyl sites for hydroxylation is 1. The average molecular weight is 650 g/mol. The molecule has 0 heterocycles. The Kier molecular flexibility index (Phi) is 11.4. The lowest BCUT2D eigenvalue weighted by Crippen LogP contribution is -2.54. The zero-order valence-corrected chi connectivity index (χ0v) is 27.1. The monoisotopic (exact) mass is 649 g/mol. The highest BCUT2D eigenvalue weighted by Gasteiger charge is 2.35. The van der Waals surface area contributed by atoms with Crippen LogP contribution in [-0.4, -0.2) is 43.8 Å². The molecule has 4 aromatic carbocycles. The molecular weight excluding hydrogens is 613 g/mol. The first-order chi connectivity index (χ1) is 21.5. The number of halogens is 2. The molecule has 2 amide bonds. The smallest absolute Gasteiger partial charge is 0.264 e. The molecule has 10 heteroatoms. The summed E-state index contributed by atoms with van der Waals surface area (Å²) >= 11 is 6.12. The van der Waals surface area contributed by atoms with Gasteiger partial charge in [0.2, 0.25) is 11.8 Å². The molecule has 0 aliphatic carbocycles. The predicted molar refractivity (Wildman–Crippen MR) is 176 cm³/mol. The van der Waals surface area contributed by atoms with Crippen molar-refractivity contribution in [3.8, 4) is 0 Å². The predicted octanol–water partition coefficient (Wildman–Crippen LogP) is 6.54. The number of nitrogens with one attached hydrogen (secondary N) is 1. The normalized spacial score (nSPS) is 12.6. The number of nitrogens with zero attached hydrogens (tertiary/aromatic N) is 2. The topological polar surface area (TPSA) is 86.8 Å². The van der Waals surface area contributed by atoms with E-state index in [-0.39, 0.29) is 35.5 Å². The Balaban J connectivity index is 1.80. The van der Waals surface area contributed by atoms with Crippen LogP contribution in [0, 0.1) is 12.7 Å². The Morgan fingerprint density at radius 3 is 2.09 bits per heavy atom. The van der Waals surface area contributed by atoms with Crippen molar-refractivity contribution in [1.82, 2.24) is 10.2 Å². The summed E-state index contributed by atoms with van der Waals surface area (Å²) < 4.78 is 43.0. The molecule has 45 heavy (non-hydrogen) atoms. The first kappa shape index (κ1) is 33.7. The second-order valence-electron chi connectivity index (χ2n) is 11.0. The van der Waals surface area contributed by atoms with Gasteiger partial charge in [0, 0.05) is 24.0 Å². The summed E-state index contributed by atoms with van der Waals surface area (Å²) in [5.41, 5.74) is 2.52. The maximum atomic E-state index is 14.4. The fraction of sp³-hybridized carbons (Fsp3) is 0.257. The molecule has 2 atom stereocenters. The van der Waals surface area contributed by atoms with E-state index in [1.54, 1.807) is 36.4 Å². The van der Waals surface area contributed by atoms with Crippen LogP contribution in [0.2, 0.25) is 5.02 Å². The van der Waals surface area contributed by atoms with Gasteiger partial charge in [0.1, 0.15) is 18.4 Å². The highest BCUT2D eigenvalue weighted by Crippen LogP contribution is 2.27. The van der Waals surface area contributed by atoms with E-state index in [2.05, 4.69) is 5.32 Å². The van der Waals surface area contributed by atoms with Gasteiger partial charge < -0.3 is 10.2 Å². The number of carbonyl (C=O) groups is 2. The summed E-state index contributed by atoms with van der Waals surface area (Å²) in [6.07, 6.45) is 0.858. The van der Waals surface area contributed by atoms with Gasteiger partial charge in [-0.05, 0) is 79.9 Å². The highest BCUT2D eigenvalue weighted by molar-refractivity contribution is 7.92. The second kappa shape index (κ2) is 15.2.